The SMILES string of the molecule is Cc1ccc(F)c(NC(=O)CCC(C)(C)N)c1. The van der Waals surface area contributed by atoms with Crippen LogP contribution in [0.15, 0.2) is 18.2 Å². The van der Waals surface area contributed by atoms with Crippen LogP contribution in [0.4, 0.5) is 10.1 Å². The highest BCUT2D eigenvalue weighted by Crippen LogP contribution is 2.16. The average Bonchev–Trinajstić information content (AvgIpc) is 2.20. The summed E-state index contributed by atoms with van der Waals surface area (Å²) in [5, 5.41) is 2.55. The third kappa shape index (κ3) is 4.95. The van der Waals surface area contributed by atoms with Crippen molar-refractivity contribution in [3.63, 3.8) is 0 Å². The Morgan fingerprint density at radius 1 is 1.47 bits per heavy atom. The lowest BCUT2D eigenvalue weighted by Crippen LogP contribution is -2.33. The summed E-state index contributed by atoms with van der Waals surface area (Å²) >= 11 is 0. The molecule has 0 bridgehead atoms. The minimum Gasteiger partial charge on any atom is -0.326 e. The monoisotopic (exact) mass is 238 g/mol. The van der Waals surface area contributed by atoms with Gasteiger partial charge in [-0.25, -0.2) is 4.39 Å². The van der Waals surface area contributed by atoms with Gasteiger partial charge in [-0.15, -0.1) is 0 Å². The standard InChI is InChI=1S/C13H19FN2O/c1-9-4-5-10(14)11(8-9)16-12(17)6-7-13(2,3)15/h4-5,8H,6-7,15H2,1-3H3,(H,16,17). The molecule has 0 radical (unpaired) electrons. The number of carbonyl (C=O) groups is 1. The van der Waals surface area contributed by atoms with Crippen molar-refractivity contribution < 1.29 is 9.18 Å². The molecule has 0 saturated carbocycles. The summed E-state index contributed by atoms with van der Waals surface area (Å²) in [4.78, 5) is 11.6. The second-order valence-electron chi connectivity index (χ2n) is 5.02. The fourth-order valence-corrected chi connectivity index (χ4v) is 1.38. The Kier molecular flexibility index (Phi) is 4.23. The summed E-state index contributed by atoms with van der Waals surface area (Å²) in [7, 11) is 0. The van der Waals surface area contributed by atoms with Crippen molar-refractivity contribution in [1.29, 1.82) is 0 Å². The van der Waals surface area contributed by atoms with Crippen LogP contribution in [0.2, 0.25) is 0 Å². The molecule has 3 N–H and O–H groups in total. The third-order valence-electron chi connectivity index (χ3n) is 2.39. The van der Waals surface area contributed by atoms with Crippen molar-refractivity contribution >= 4 is 11.6 Å². The van der Waals surface area contributed by atoms with Gasteiger partial charge in [-0.3, -0.25) is 4.79 Å². The Hall–Kier alpha value is -1.42. The van der Waals surface area contributed by atoms with Gasteiger partial charge in [-0.1, -0.05) is 6.07 Å². The van der Waals surface area contributed by atoms with Gasteiger partial charge in [0.05, 0.1) is 5.69 Å². The molecule has 0 aliphatic rings. The summed E-state index contributed by atoms with van der Waals surface area (Å²) in [5.74, 6) is -0.635. The number of hydrogen-bond acceptors (Lipinski definition) is 2. The number of halogens is 1. The van der Waals surface area contributed by atoms with Gasteiger partial charge in [0, 0.05) is 12.0 Å². The van der Waals surface area contributed by atoms with Crippen LogP contribution in [-0.2, 0) is 4.79 Å². The van der Waals surface area contributed by atoms with E-state index in [-0.39, 0.29) is 23.6 Å². The molecular weight excluding hydrogens is 219 g/mol. The topological polar surface area (TPSA) is 55.1 Å². The number of aryl methyl sites for hydroxylation is 1. The molecule has 0 heterocycles. The molecule has 3 nitrogen and oxygen atoms in total. The second-order valence-corrected chi connectivity index (χ2v) is 5.02. The van der Waals surface area contributed by atoms with Gasteiger partial charge in [0.15, 0.2) is 0 Å². The Morgan fingerprint density at radius 2 is 2.12 bits per heavy atom. The number of nitrogens with two attached hydrogens (primary N) is 1. The molecule has 0 aliphatic heterocycles. The van der Waals surface area contributed by atoms with E-state index in [0.717, 1.165) is 5.56 Å². The fourth-order valence-electron chi connectivity index (χ4n) is 1.38. The quantitative estimate of drug-likeness (QED) is 0.847. The zero-order valence-electron chi connectivity index (χ0n) is 10.5. The molecule has 0 fully saturated rings. The summed E-state index contributed by atoms with van der Waals surface area (Å²) in [6, 6.07) is 4.62. The molecule has 1 aromatic rings. The van der Waals surface area contributed by atoms with E-state index in [4.69, 9.17) is 5.73 Å². The molecule has 4 heteroatoms. The predicted molar refractivity (Wildman–Crippen MR) is 67.3 cm³/mol. The lowest BCUT2D eigenvalue weighted by molar-refractivity contribution is -0.116. The summed E-state index contributed by atoms with van der Waals surface area (Å²) in [6.45, 7) is 5.55. The van der Waals surface area contributed by atoms with Crippen molar-refractivity contribution in [1.82, 2.24) is 0 Å². The van der Waals surface area contributed by atoms with Crippen LogP contribution in [0.3, 0.4) is 0 Å². The van der Waals surface area contributed by atoms with E-state index < -0.39 is 5.82 Å². The van der Waals surface area contributed by atoms with Crippen LogP contribution in [0.5, 0.6) is 0 Å². The van der Waals surface area contributed by atoms with Crippen LogP contribution in [0, 0.1) is 12.7 Å². The average molecular weight is 238 g/mol. The molecule has 0 atom stereocenters. The Labute approximate surface area is 101 Å². The zero-order chi connectivity index (χ0) is 13.1. The lowest BCUT2D eigenvalue weighted by Gasteiger charge is -2.17. The van der Waals surface area contributed by atoms with E-state index in [2.05, 4.69) is 5.32 Å². The molecule has 1 aromatic carbocycles. The number of hydrogen-bond donors (Lipinski definition) is 2. The third-order valence-corrected chi connectivity index (χ3v) is 2.39. The Morgan fingerprint density at radius 3 is 2.71 bits per heavy atom. The van der Waals surface area contributed by atoms with Crippen LogP contribution >= 0.6 is 0 Å². The molecule has 0 aliphatic carbocycles. The second kappa shape index (κ2) is 5.27. The molecule has 0 unspecified atom stereocenters. The van der Waals surface area contributed by atoms with E-state index in [1.54, 1.807) is 12.1 Å². The molecule has 0 saturated heterocycles. The van der Waals surface area contributed by atoms with Gasteiger partial charge < -0.3 is 11.1 Å². The first kappa shape index (κ1) is 13.6. The fraction of sp³-hybridized carbons (Fsp3) is 0.462. The summed E-state index contributed by atoms with van der Waals surface area (Å²) in [5.41, 5.74) is 6.52. The Balaban J connectivity index is 2.59. The van der Waals surface area contributed by atoms with Gasteiger partial charge >= 0.3 is 0 Å². The number of carbonyl (C=O) groups excluding carboxylic acids is 1. The molecule has 0 spiro atoms. The van der Waals surface area contributed by atoms with E-state index in [0.29, 0.717) is 6.42 Å². The number of anilines is 1. The van der Waals surface area contributed by atoms with Gasteiger partial charge in [0.1, 0.15) is 5.82 Å². The highest BCUT2D eigenvalue weighted by atomic mass is 19.1. The molecule has 1 rings (SSSR count). The molecular formula is C13H19FN2O. The van der Waals surface area contributed by atoms with Crippen LogP contribution in [0.1, 0.15) is 32.3 Å². The zero-order valence-corrected chi connectivity index (χ0v) is 10.5. The first-order valence-corrected chi connectivity index (χ1v) is 5.63. The molecule has 0 aromatic heterocycles. The van der Waals surface area contributed by atoms with Gasteiger partial charge in [-0.05, 0) is 44.9 Å². The number of nitrogens with one attached hydrogen (secondary N) is 1. The van der Waals surface area contributed by atoms with Crippen molar-refractivity contribution in [3.8, 4) is 0 Å². The van der Waals surface area contributed by atoms with Crippen LogP contribution in [-0.4, -0.2) is 11.4 Å². The normalized spacial score (nSPS) is 11.4. The number of rotatable bonds is 4. The maximum absolute atomic E-state index is 13.4. The predicted octanol–water partition coefficient (Wildman–Crippen LogP) is 2.59. The van der Waals surface area contributed by atoms with Crippen molar-refractivity contribution in [2.45, 2.75) is 39.2 Å². The maximum atomic E-state index is 13.4. The maximum Gasteiger partial charge on any atom is 0.224 e. The van der Waals surface area contributed by atoms with E-state index in [1.165, 1.54) is 6.07 Å². The minimum absolute atomic E-state index is 0.215. The number of benzene rings is 1. The minimum atomic E-state index is -0.420. The highest BCUT2D eigenvalue weighted by molar-refractivity contribution is 5.90. The van der Waals surface area contributed by atoms with Crippen LogP contribution < -0.4 is 11.1 Å². The van der Waals surface area contributed by atoms with Crippen molar-refractivity contribution in [3.05, 3.63) is 29.6 Å². The van der Waals surface area contributed by atoms with E-state index in [1.807, 2.05) is 20.8 Å². The molecule has 1 amide bonds. The van der Waals surface area contributed by atoms with Gasteiger partial charge in [0.2, 0.25) is 5.91 Å². The van der Waals surface area contributed by atoms with E-state index >= 15 is 0 Å². The summed E-state index contributed by atoms with van der Waals surface area (Å²) < 4.78 is 13.4. The molecule has 17 heavy (non-hydrogen) atoms. The van der Waals surface area contributed by atoms with Crippen molar-refractivity contribution in [2.24, 2.45) is 5.73 Å². The highest BCUT2D eigenvalue weighted by Gasteiger charge is 2.14. The van der Waals surface area contributed by atoms with E-state index in [9.17, 15) is 9.18 Å². The van der Waals surface area contributed by atoms with Gasteiger partial charge in [-0.2, -0.15) is 0 Å². The summed E-state index contributed by atoms with van der Waals surface area (Å²) in [6.07, 6.45) is 0.850. The molecule has 94 valence electrons. The van der Waals surface area contributed by atoms with Crippen LogP contribution in [0.25, 0.3) is 0 Å². The first-order chi connectivity index (χ1) is 7.78. The number of amides is 1. The van der Waals surface area contributed by atoms with Gasteiger partial charge in [0.25, 0.3) is 0 Å². The largest absolute Gasteiger partial charge is 0.326 e. The first-order valence-electron chi connectivity index (χ1n) is 5.63. The lowest BCUT2D eigenvalue weighted by atomic mass is 10.00. The smallest absolute Gasteiger partial charge is 0.224 e. The van der Waals surface area contributed by atoms with Crippen molar-refractivity contribution in [2.75, 3.05) is 5.32 Å². The Bertz CT molecular complexity index is 410.